The maximum absolute atomic E-state index is 5.86. The molecular weight excluding hydrogens is 414 g/mol. The predicted octanol–water partition coefficient (Wildman–Crippen LogP) is 6.09. The van der Waals surface area contributed by atoms with Crippen LogP contribution in [0.2, 0.25) is 0 Å². The van der Waals surface area contributed by atoms with Crippen LogP contribution in [-0.2, 0) is 17.7 Å². The molecule has 1 aliphatic rings. The van der Waals surface area contributed by atoms with Crippen LogP contribution in [-0.4, -0.2) is 43.4 Å². The number of nitrogens with one attached hydrogen (secondary N) is 1. The second-order valence-corrected chi connectivity index (χ2v) is 9.24. The molecule has 0 aromatic heterocycles. The van der Waals surface area contributed by atoms with Crippen molar-refractivity contribution >= 4 is 28.7 Å². The van der Waals surface area contributed by atoms with Gasteiger partial charge in [-0.25, -0.2) is 0 Å². The summed E-state index contributed by atoms with van der Waals surface area (Å²) in [5, 5.41) is 4.27. The molecule has 1 N–H and O–H groups in total. The summed E-state index contributed by atoms with van der Waals surface area (Å²) in [5.74, 6) is 0. The molecule has 0 saturated carbocycles. The Kier molecular flexibility index (Phi) is 9.36. The SMILES string of the molecule is CCCCN1CCCc2cc(CN(CCCOC)C(=S)Nc3cccc(C)c3C)ccc21. The average Bonchev–Trinajstić information content (AvgIpc) is 2.80. The van der Waals surface area contributed by atoms with E-state index in [2.05, 4.69) is 72.3 Å². The molecule has 0 atom stereocenters. The van der Waals surface area contributed by atoms with E-state index in [4.69, 9.17) is 17.0 Å². The Balaban J connectivity index is 1.74. The molecule has 0 spiro atoms. The predicted molar refractivity (Wildman–Crippen MR) is 141 cm³/mol. The van der Waals surface area contributed by atoms with Crippen LogP contribution in [0.4, 0.5) is 11.4 Å². The van der Waals surface area contributed by atoms with Crippen molar-refractivity contribution in [3.63, 3.8) is 0 Å². The normalized spacial score (nSPS) is 13.1. The van der Waals surface area contributed by atoms with Gasteiger partial charge in [-0.1, -0.05) is 37.6 Å². The minimum absolute atomic E-state index is 0.735. The Morgan fingerprint density at radius 3 is 2.81 bits per heavy atom. The number of ether oxygens (including phenoxy) is 1. The van der Waals surface area contributed by atoms with E-state index < -0.39 is 0 Å². The smallest absolute Gasteiger partial charge is 0.173 e. The molecule has 0 bridgehead atoms. The fourth-order valence-electron chi connectivity index (χ4n) is 4.36. The van der Waals surface area contributed by atoms with E-state index in [1.807, 2.05) is 0 Å². The Morgan fingerprint density at radius 1 is 1.19 bits per heavy atom. The van der Waals surface area contributed by atoms with E-state index in [1.54, 1.807) is 7.11 Å². The topological polar surface area (TPSA) is 27.7 Å². The average molecular weight is 454 g/mol. The summed E-state index contributed by atoms with van der Waals surface area (Å²) in [6.07, 6.45) is 5.85. The van der Waals surface area contributed by atoms with Crippen molar-refractivity contribution in [2.24, 2.45) is 0 Å². The zero-order chi connectivity index (χ0) is 22.9. The second kappa shape index (κ2) is 12.2. The third-order valence-corrected chi connectivity index (χ3v) is 6.78. The van der Waals surface area contributed by atoms with Crippen molar-refractivity contribution < 1.29 is 4.74 Å². The number of nitrogens with zero attached hydrogens (tertiary/aromatic N) is 2. The number of rotatable bonds is 10. The second-order valence-electron chi connectivity index (χ2n) is 8.85. The van der Waals surface area contributed by atoms with Crippen LogP contribution in [0.15, 0.2) is 36.4 Å². The fraction of sp³-hybridized carbons (Fsp3) is 0.519. The Bertz CT molecular complexity index is 898. The van der Waals surface area contributed by atoms with Crippen LogP contribution < -0.4 is 10.2 Å². The Morgan fingerprint density at radius 2 is 2.03 bits per heavy atom. The zero-order valence-corrected chi connectivity index (χ0v) is 21.1. The molecule has 174 valence electrons. The largest absolute Gasteiger partial charge is 0.385 e. The van der Waals surface area contributed by atoms with Gasteiger partial charge < -0.3 is 19.9 Å². The molecule has 5 heteroatoms. The highest BCUT2D eigenvalue weighted by Crippen LogP contribution is 2.29. The third kappa shape index (κ3) is 6.46. The first-order valence-corrected chi connectivity index (χ1v) is 12.4. The van der Waals surface area contributed by atoms with Gasteiger partial charge in [-0.05, 0) is 86.1 Å². The monoisotopic (exact) mass is 453 g/mol. The number of hydrogen-bond acceptors (Lipinski definition) is 3. The highest BCUT2D eigenvalue weighted by Gasteiger charge is 2.18. The summed E-state index contributed by atoms with van der Waals surface area (Å²) >= 11 is 5.86. The molecule has 2 aromatic rings. The molecule has 2 aromatic carbocycles. The van der Waals surface area contributed by atoms with Crippen molar-refractivity contribution in [2.45, 2.75) is 59.4 Å². The van der Waals surface area contributed by atoms with E-state index in [1.165, 1.54) is 60.2 Å². The maximum atomic E-state index is 5.86. The lowest BCUT2D eigenvalue weighted by Crippen LogP contribution is -2.36. The number of thiocarbonyl (C=S) groups is 1. The number of aryl methyl sites for hydroxylation is 2. The van der Waals surface area contributed by atoms with Crippen LogP contribution in [0, 0.1) is 13.8 Å². The molecule has 32 heavy (non-hydrogen) atoms. The van der Waals surface area contributed by atoms with Gasteiger partial charge >= 0.3 is 0 Å². The molecule has 0 radical (unpaired) electrons. The standard InChI is InChI=1S/C27H39N3OS/c1-5-6-15-29-16-8-11-24-19-23(13-14-26(24)29)20-30(17-9-18-31-4)27(32)28-25-12-7-10-21(2)22(25)3/h7,10,12-14,19H,5-6,8-9,11,15-18,20H2,1-4H3,(H,28,32). The molecule has 1 heterocycles. The lowest BCUT2D eigenvalue weighted by molar-refractivity contribution is 0.185. The number of unbranched alkanes of at least 4 members (excludes halogenated alkanes) is 1. The van der Waals surface area contributed by atoms with Crippen LogP contribution >= 0.6 is 12.2 Å². The van der Waals surface area contributed by atoms with E-state index in [0.29, 0.717) is 0 Å². The maximum Gasteiger partial charge on any atom is 0.173 e. The van der Waals surface area contributed by atoms with Crippen LogP contribution in [0.25, 0.3) is 0 Å². The van der Waals surface area contributed by atoms with E-state index >= 15 is 0 Å². The van der Waals surface area contributed by atoms with Crippen molar-refractivity contribution in [3.05, 3.63) is 58.7 Å². The van der Waals surface area contributed by atoms with Gasteiger partial charge in [0.2, 0.25) is 0 Å². The number of methoxy groups -OCH3 is 1. The lowest BCUT2D eigenvalue weighted by Gasteiger charge is -2.32. The van der Waals surface area contributed by atoms with Gasteiger partial charge in [-0.2, -0.15) is 0 Å². The van der Waals surface area contributed by atoms with Crippen molar-refractivity contribution in [3.8, 4) is 0 Å². The minimum atomic E-state index is 0.735. The van der Waals surface area contributed by atoms with Crippen LogP contribution in [0.5, 0.6) is 0 Å². The summed E-state index contributed by atoms with van der Waals surface area (Å²) in [4.78, 5) is 4.84. The molecule has 0 fully saturated rings. The lowest BCUT2D eigenvalue weighted by atomic mass is 9.98. The minimum Gasteiger partial charge on any atom is -0.385 e. The molecule has 0 saturated heterocycles. The molecule has 1 aliphatic heterocycles. The fourth-order valence-corrected chi connectivity index (χ4v) is 4.63. The summed E-state index contributed by atoms with van der Waals surface area (Å²) in [5.41, 5.74) is 7.83. The first kappa shape index (κ1) is 24.5. The highest BCUT2D eigenvalue weighted by molar-refractivity contribution is 7.80. The molecule has 0 unspecified atom stereocenters. The summed E-state index contributed by atoms with van der Waals surface area (Å²) < 4.78 is 5.30. The molecule has 3 rings (SSSR count). The van der Waals surface area contributed by atoms with Crippen LogP contribution in [0.1, 0.15) is 54.9 Å². The Labute approximate surface area is 199 Å². The quantitative estimate of drug-likeness (QED) is 0.347. The first-order valence-electron chi connectivity index (χ1n) is 12.0. The van der Waals surface area contributed by atoms with Gasteiger partial charge in [-0.15, -0.1) is 0 Å². The van der Waals surface area contributed by atoms with Gasteiger partial charge in [0.05, 0.1) is 0 Å². The van der Waals surface area contributed by atoms with Gasteiger partial charge in [0, 0.05) is 51.3 Å². The van der Waals surface area contributed by atoms with Crippen molar-refractivity contribution in [1.29, 1.82) is 0 Å². The van der Waals surface area contributed by atoms with Gasteiger partial charge in [0.15, 0.2) is 5.11 Å². The molecule has 4 nitrogen and oxygen atoms in total. The van der Waals surface area contributed by atoms with Crippen molar-refractivity contribution in [2.75, 3.05) is 43.6 Å². The number of hydrogen-bond donors (Lipinski definition) is 1. The van der Waals surface area contributed by atoms with Gasteiger partial charge in [-0.3, -0.25) is 0 Å². The number of anilines is 2. The van der Waals surface area contributed by atoms with E-state index in [0.717, 1.165) is 43.5 Å². The third-order valence-electron chi connectivity index (χ3n) is 6.42. The Hall–Kier alpha value is -2.11. The first-order chi connectivity index (χ1) is 15.5. The van der Waals surface area contributed by atoms with Crippen LogP contribution in [0.3, 0.4) is 0 Å². The van der Waals surface area contributed by atoms with Crippen molar-refractivity contribution in [1.82, 2.24) is 4.90 Å². The molecule has 0 amide bonds. The summed E-state index contributed by atoms with van der Waals surface area (Å²) in [6.45, 7) is 11.3. The number of fused-ring (bicyclic) bond motifs is 1. The number of benzene rings is 2. The summed E-state index contributed by atoms with van der Waals surface area (Å²) in [6, 6.07) is 13.3. The highest BCUT2D eigenvalue weighted by atomic mass is 32.1. The summed E-state index contributed by atoms with van der Waals surface area (Å²) in [7, 11) is 1.75. The molecule has 0 aliphatic carbocycles. The zero-order valence-electron chi connectivity index (χ0n) is 20.2. The van der Waals surface area contributed by atoms with E-state index in [9.17, 15) is 0 Å². The van der Waals surface area contributed by atoms with E-state index in [-0.39, 0.29) is 0 Å². The van der Waals surface area contributed by atoms with Gasteiger partial charge in [0.25, 0.3) is 0 Å². The van der Waals surface area contributed by atoms with Gasteiger partial charge in [0.1, 0.15) is 0 Å². The molecular formula is C27H39N3OS.